The van der Waals surface area contributed by atoms with Gasteiger partial charge in [0.25, 0.3) is 0 Å². The molecule has 0 aliphatic carbocycles. The number of hydrogen-bond donors (Lipinski definition) is 0. The van der Waals surface area contributed by atoms with Crippen LogP contribution < -0.4 is 0 Å². The molecule has 0 aliphatic rings. The Morgan fingerprint density at radius 2 is 0.387 bits per heavy atom. The van der Waals surface area contributed by atoms with Crippen LogP contribution in [0, 0.1) is 0 Å². The third kappa shape index (κ3) is 14.2. The van der Waals surface area contributed by atoms with Gasteiger partial charge in [0, 0.05) is 163 Å². The van der Waals surface area contributed by atoms with E-state index in [1.807, 2.05) is 171 Å². The van der Waals surface area contributed by atoms with Crippen molar-refractivity contribution in [1.82, 2.24) is 87.2 Å². The van der Waals surface area contributed by atoms with Gasteiger partial charge >= 0.3 is 0 Å². The number of nitrogens with zero attached hydrogens (tertiary/aromatic N) is 18. The number of benzene rings is 17. The first-order valence-corrected chi connectivity index (χ1v) is 50.1. The van der Waals surface area contributed by atoms with Gasteiger partial charge in [0.05, 0.1) is 100 Å². The van der Waals surface area contributed by atoms with Crippen molar-refractivity contribution in [3.8, 4) is 114 Å². The van der Waals surface area contributed by atoms with Crippen molar-refractivity contribution in [3.63, 3.8) is 0 Å². The molecule has 0 radical (unpaired) electrons. The van der Waals surface area contributed by atoms with E-state index in [0.717, 1.165) is 243 Å². The molecular formula is C132H82N18. The normalized spacial score (nSPS) is 11.7. The van der Waals surface area contributed by atoms with Crippen molar-refractivity contribution >= 4 is 164 Å². The summed E-state index contributed by atoms with van der Waals surface area (Å²) in [6, 6.07) is 161. The number of para-hydroxylation sites is 9. The molecule has 17 aromatic carbocycles. The van der Waals surface area contributed by atoms with E-state index < -0.39 is 0 Å². The van der Waals surface area contributed by atoms with E-state index in [-0.39, 0.29) is 0 Å². The summed E-state index contributed by atoms with van der Waals surface area (Å²) in [4.78, 5) is 62.1. The predicted molar refractivity (Wildman–Crippen MR) is 609 cm³/mol. The summed E-state index contributed by atoms with van der Waals surface area (Å²) >= 11 is 0. The monoisotopic (exact) mass is 1920 g/mol. The van der Waals surface area contributed by atoms with Gasteiger partial charge in [-0.15, -0.1) is 0 Å². The van der Waals surface area contributed by atoms with Gasteiger partial charge in [0.1, 0.15) is 16.6 Å². The molecule has 0 spiro atoms. The van der Waals surface area contributed by atoms with Crippen molar-refractivity contribution < 1.29 is 0 Å². The molecule has 0 aliphatic heterocycles. The van der Waals surface area contributed by atoms with E-state index in [0.29, 0.717) is 29.4 Å². The molecule has 14 heterocycles. The lowest BCUT2D eigenvalue weighted by Crippen LogP contribution is -2.06. The van der Waals surface area contributed by atoms with Gasteiger partial charge < -0.3 is 18.3 Å². The van der Waals surface area contributed by atoms with Crippen LogP contribution in [-0.2, 0) is 0 Å². The minimum atomic E-state index is 0.548. The maximum Gasteiger partial charge on any atom is 0.238 e. The average molecular weight is 1920 g/mol. The molecule has 14 aromatic heterocycles. The number of hydrogen-bond acceptors (Lipinski definition) is 12. The van der Waals surface area contributed by atoms with E-state index >= 15 is 0 Å². The summed E-state index contributed by atoms with van der Waals surface area (Å²) in [5, 5.41) is 14.1. The molecule has 150 heavy (non-hydrogen) atoms. The number of fused-ring (bicyclic) bond motifs is 27. The molecule has 0 saturated carbocycles. The molecule has 0 saturated heterocycles. The van der Waals surface area contributed by atoms with Crippen molar-refractivity contribution in [2.24, 2.45) is 0 Å². The lowest BCUT2D eigenvalue weighted by Gasteiger charge is -2.13. The fourth-order valence-corrected chi connectivity index (χ4v) is 22.2. The van der Waals surface area contributed by atoms with Crippen molar-refractivity contribution in [2.45, 2.75) is 0 Å². The first-order chi connectivity index (χ1) is 74.5. The van der Waals surface area contributed by atoms with E-state index in [9.17, 15) is 0 Å². The van der Waals surface area contributed by atoms with Gasteiger partial charge in [-0.05, 0) is 103 Å². The standard InChI is InChI=1S/C48H30N6.2C42H26N6/c1-4-15-31(16-5-1)40-28-41(32-17-6-2-7-18-32)52-48(51-40)33-19-14-22-35(27-33)54-43-26-13-11-24-37(43)44-47(54)45-39(30-50-44)46-38(29-49-45)36-23-10-12-25-42(36)53(46)34-20-8-3-9-21-34;1-4-14-27(15-5-1)40-44-41(28-16-6-2-7-17-28)46-42(45-40)48-36-23-13-10-20-30(36)32-24-25-33-37(39(32)48)43-26-34-31-21-11-12-22-35(31)47(38(33)34)29-18-8-3-9-19-29;1-4-14-27(15-5-1)34-24-35(28-16-6-2-7-17-28)46-42(45-34)48-37-23-13-11-21-31(37)33-26-43-38-39(41(33)48)44-25-32-30-20-10-12-22-36(30)47(40(32)38)29-18-8-3-9-19-29/h1-30H;2*1-26H. The Bertz CT molecular complexity index is 10200. The van der Waals surface area contributed by atoms with Gasteiger partial charge in [-0.2, -0.15) is 9.97 Å². The van der Waals surface area contributed by atoms with Gasteiger partial charge in [0.2, 0.25) is 11.9 Å². The highest BCUT2D eigenvalue weighted by Gasteiger charge is 2.30. The van der Waals surface area contributed by atoms with Crippen LogP contribution in [0.1, 0.15) is 0 Å². The van der Waals surface area contributed by atoms with E-state index in [1.54, 1.807) is 0 Å². The molecule has 0 amide bonds. The van der Waals surface area contributed by atoms with Crippen LogP contribution in [0.25, 0.3) is 278 Å². The maximum absolute atomic E-state index is 5.25. The third-order valence-electron chi connectivity index (χ3n) is 28.8. The Morgan fingerprint density at radius 1 is 0.133 bits per heavy atom. The quantitative estimate of drug-likeness (QED) is 0.107. The van der Waals surface area contributed by atoms with Gasteiger partial charge in [-0.25, -0.2) is 24.9 Å². The molecule has 31 rings (SSSR count). The second-order valence-electron chi connectivity index (χ2n) is 37.4. The molecule has 0 unspecified atom stereocenters. The molecular weight excluding hydrogens is 1840 g/mol. The van der Waals surface area contributed by atoms with Crippen LogP contribution in [-0.4, -0.2) is 87.2 Å². The molecule has 18 nitrogen and oxygen atoms in total. The fraction of sp³-hybridized carbons (Fsp3) is 0. The zero-order chi connectivity index (χ0) is 98.8. The number of rotatable bonds is 13. The van der Waals surface area contributed by atoms with Crippen molar-refractivity contribution in [2.75, 3.05) is 0 Å². The van der Waals surface area contributed by atoms with Crippen LogP contribution >= 0.6 is 0 Å². The van der Waals surface area contributed by atoms with Crippen LogP contribution in [0.5, 0.6) is 0 Å². The van der Waals surface area contributed by atoms with Crippen LogP contribution in [0.3, 0.4) is 0 Å². The Morgan fingerprint density at radius 3 is 0.800 bits per heavy atom. The molecule has 0 N–H and O–H groups in total. The predicted octanol–water partition coefficient (Wildman–Crippen LogP) is 31.5. The summed E-state index contributed by atoms with van der Waals surface area (Å²) in [5.41, 5.74) is 31.5. The van der Waals surface area contributed by atoms with E-state index in [4.69, 9.17) is 59.8 Å². The van der Waals surface area contributed by atoms with Gasteiger partial charge in [0.15, 0.2) is 17.5 Å². The number of aromatic nitrogens is 18. The maximum atomic E-state index is 5.25. The number of pyridine rings is 5. The molecule has 18 heteroatoms. The van der Waals surface area contributed by atoms with E-state index in [2.05, 4.69) is 355 Å². The Kier molecular flexibility index (Phi) is 20.4. The summed E-state index contributed by atoms with van der Waals surface area (Å²) in [6.07, 6.45) is 10.1. The molecule has 0 bridgehead atoms. The topological polar surface area (TPSA) is 184 Å². The zero-order valence-corrected chi connectivity index (χ0v) is 80.4. The summed E-state index contributed by atoms with van der Waals surface area (Å²) in [5.74, 6) is 3.02. The highest BCUT2D eigenvalue weighted by molar-refractivity contribution is 6.28. The van der Waals surface area contributed by atoms with Crippen LogP contribution in [0.15, 0.2) is 498 Å². The first kappa shape index (κ1) is 86.0. The highest BCUT2D eigenvalue weighted by atomic mass is 15.2. The van der Waals surface area contributed by atoms with Gasteiger partial charge in [-0.3, -0.25) is 34.1 Å². The molecule has 31 aromatic rings. The van der Waals surface area contributed by atoms with Crippen LogP contribution in [0.4, 0.5) is 0 Å². The molecule has 0 atom stereocenters. The summed E-state index contributed by atoms with van der Waals surface area (Å²) in [7, 11) is 0. The smallest absolute Gasteiger partial charge is 0.238 e. The second-order valence-corrected chi connectivity index (χ2v) is 37.4. The first-order valence-electron chi connectivity index (χ1n) is 50.1. The Balaban J connectivity index is 0.000000106. The van der Waals surface area contributed by atoms with E-state index in [1.165, 1.54) is 5.39 Å². The Hall–Kier alpha value is -20.8. The zero-order valence-electron chi connectivity index (χ0n) is 80.4. The summed E-state index contributed by atoms with van der Waals surface area (Å²) < 4.78 is 13.6. The van der Waals surface area contributed by atoms with Crippen molar-refractivity contribution in [3.05, 3.63) is 498 Å². The lowest BCUT2D eigenvalue weighted by molar-refractivity contribution is 0.954. The second kappa shape index (κ2) is 35.7. The summed E-state index contributed by atoms with van der Waals surface area (Å²) in [6.45, 7) is 0. The highest BCUT2D eigenvalue weighted by Crippen LogP contribution is 2.47. The average Bonchev–Trinajstić information content (AvgIpc) is 1.55. The Labute approximate surface area is 857 Å². The minimum absolute atomic E-state index is 0.548. The lowest BCUT2D eigenvalue weighted by atomic mass is 10.1. The van der Waals surface area contributed by atoms with Crippen molar-refractivity contribution in [1.29, 1.82) is 0 Å². The SMILES string of the molecule is c1ccc(-c2cc(-c3ccccc3)nc(-c3cccc(-n4c5ccccc5c5ncc6c(ncc7c8ccccc8n(-c8ccccc8)c76)c54)c3)n2)cc1.c1ccc(-c2cc(-c3ccccc3)nc(-n3c4ccccc4c4cnc5c(ncc6c7ccccc7n(-c7ccccc7)c65)c43)n2)cc1.c1ccc(-c2nc(-c3ccccc3)nc(-n3c4ccccc4c4ccc5c(ncc6c7ccccc7n(-c7ccccc7)c65)c43)n2)cc1. The fourth-order valence-electron chi connectivity index (χ4n) is 22.2. The third-order valence-corrected chi connectivity index (χ3v) is 28.8. The van der Waals surface area contributed by atoms with Gasteiger partial charge in [-0.1, -0.05) is 364 Å². The largest absolute Gasteiger partial charge is 0.309 e. The van der Waals surface area contributed by atoms with Crippen LogP contribution in [0.2, 0.25) is 0 Å². The molecule has 700 valence electrons. The minimum Gasteiger partial charge on any atom is -0.309 e. The molecule has 0 fully saturated rings.